The van der Waals surface area contributed by atoms with Gasteiger partial charge in [0.1, 0.15) is 12.1 Å². The van der Waals surface area contributed by atoms with Gasteiger partial charge in [-0.25, -0.2) is 9.97 Å². The second-order valence-electron chi connectivity index (χ2n) is 3.66. The zero-order chi connectivity index (χ0) is 10.1. The van der Waals surface area contributed by atoms with Crippen molar-refractivity contribution in [3.63, 3.8) is 0 Å². The zero-order valence-corrected chi connectivity index (χ0v) is 8.36. The Balaban J connectivity index is 2.81. The Morgan fingerprint density at radius 2 is 2.00 bits per heavy atom. The Hall–Kier alpha value is -1.64. The lowest BCUT2D eigenvalue weighted by Gasteiger charge is -2.08. The van der Waals surface area contributed by atoms with Crippen molar-refractivity contribution in [3.8, 4) is 0 Å². The zero-order valence-electron chi connectivity index (χ0n) is 8.36. The van der Waals surface area contributed by atoms with E-state index in [1.165, 1.54) is 11.9 Å². The SMILES string of the molecule is CC(C)c1cccc2c(N)ncnc12. The first-order valence-corrected chi connectivity index (χ1v) is 4.69. The van der Waals surface area contributed by atoms with Gasteiger partial charge >= 0.3 is 0 Å². The third-order valence-electron chi connectivity index (χ3n) is 2.35. The molecule has 2 aromatic rings. The van der Waals surface area contributed by atoms with Crippen LogP contribution < -0.4 is 5.73 Å². The summed E-state index contributed by atoms with van der Waals surface area (Å²) < 4.78 is 0. The third kappa shape index (κ3) is 1.31. The molecule has 0 atom stereocenters. The van der Waals surface area contributed by atoms with Gasteiger partial charge < -0.3 is 5.73 Å². The Bertz CT molecular complexity index is 463. The Morgan fingerprint density at radius 1 is 1.21 bits per heavy atom. The lowest BCUT2D eigenvalue weighted by Crippen LogP contribution is -1.97. The van der Waals surface area contributed by atoms with Crippen LogP contribution >= 0.6 is 0 Å². The molecule has 0 spiro atoms. The molecule has 0 unspecified atom stereocenters. The topological polar surface area (TPSA) is 51.8 Å². The van der Waals surface area contributed by atoms with Gasteiger partial charge in [-0.3, -0.25) is 0 Å². The number of benzene rings is 1. The van der Waals surface area contributed by atoms with Gasteiger partial charge in [-0.15, -0.1) is 0 Å². The largest absolute Gasteiger partial charge is 0.383 e. The Morgan fingerprint density at radius 3 is 2.71 bits per heavy atom. The van der Waals surface area contributed by atoms with Gasteiger partial charge in [0.05, 0.1) is 5.52 Å². The van der Waals surface area contributed by atoms with Crippen LogP contribution in [0.5, 0.6) is 0 Å². The minimum atomic E-state index is 0.452. The van der Waals surface area contributed by atoms with E-state index in [2.05, 4.69) is 29.9 Å². The summed E-state index contributed by atoms with van der Waals surface area (Å²) in [5, 5.41) is 0.943. The number of rotatable bonds is 1. The van der Waals surface area contributed by atoms with Gasteiger partial charge in [0.15, 0.2) is 0 Å². The van der Waals surface area contributed by atoms with E-state index in [9.17, 15) is 0 Å². The first-order valence-electron chi connectivity index (χ1n) is 4.69. The van der Waals surface area contributed by atoms with Crippen molar-refractivity contribution in [3.05, 3.63) is 30.1 Å². The van der Waals surface area contributed by atoms with Crippen LogP contribution in [0.2, 0.25) is 0 Å². The molecule has 2 N–H and O–H groups in total. The van der Waals surface area contributed by atoms with Crippen molar-refractivity contribution in [2.45, 2.75) is 19.8 Å². The molecule has 1 aromatic carbocycles. The van der Waals surface area contributed by atoms with Crippen molar-refractivity contribution in [2.75, 3.05) is 5.73 Å². The molecule has 0 saturated heterocycles. The fraction of sp³-hybridized carbons (Fsp3) is 0.273. The molecule has 2 rings (SSSR count). The molecule has 72 valence electrons. The van der Waals surface area contributed by atoms with Gasteiger partial charge in [-0.2, -0.15) is 0 Å². The molecule has 0 fully saturated rings. The molecule has 3 nitrogen and oxygen atoms in total. The van der Waals surface area contributed by atoms with E-state index in [-0.39, 0.29) is 0 Å². The number of aromatic nitrogens is 2. The molecule has 1 heterocycles. The van der Waals surface area contributed by atoms with Crippen LogP contribution in [0.4, 0.5) is 5.82 Å². The van der Waals surface area contributed by atoms with Crippen LogP contribution in [0.15, 0.2) is 24.5 Å². The summed E-state index contributed by atoms with van der Waals surface area (Å²) in [6.07, 6.45) is 1.52. The number of para-hydroxylation sites is 1. The highest BCUT2D eigenvalue weighted by molar-refractivity contribution is 5.90. The molecule has 0 aliphatic heterocycles. The van der Waals surface area contributed by atoms with E-state index in [1.54, 1.807) is 0 Å². The van der Waals surface area contributed by atoms with Crippen molar-refractivity contribution in [1.29, 1.82) is 0 Å². The fourth-order valence-electron chi connectivity index (χ4n) is 1.60. The molecule has 0 aliphatic carbocycles. The summed E-state index contributed by atoms with van der Waals surface area (Å²) >= 11 is 0. The maximum Gasteiger partial charge on any atom is 0.134 e. The highest BCUT2D eigenvalue weighted by atomic mass is 14.9. The normalized spacial score (nSPS) is 11.1. The maximum atomic E-state index is 5.77. The Kier molecular flexibility index (Phi) is 2.08. The first kappa shape index (κ1) is 8.94. The van der Waals surface area contributed by atoms with E-state index >= 15 is 0 Å². The summed E-state index contributed by atoms with van der Waals surface area (Å²) in [6.45, 7) is 4.29. The molecule has 14 heavy (non-hydrogen) atoms. The highest BCUT2D eigenvalue weighted by Gasteiger charge is 2.07. The van der Waals surface area contributed by atoms with Gasteiger partial charge in [0.25, 0.3) is 0 Å². The molecule has 0 bridgehead atoms. The molecule has 0 amide bonds. The van der Waals surface area contributed by atoms with Crippen molar-refractivity contribution < 1.29 is 0 Å². The van der Waals surface area contributed by atoms with Crippen molar-refractivity contribution in [2.24, 2.45) is 0 Å². The average Bonchev–Trinajstić information content (AvgIpc) is 2.17. The van der Waals surface area contributed by atoms with Crippen LogP contribution in [0.25, 0.3) is 10.9 Å². The van der Waals surface area contributed by atoms with Crippen LogP contribution in [-0.4, -0.2) is 9.97 Å². The van der Waals surface area contributed by atoms with E-state index in [0.29, 0.717) is 11.7 Å². The lowest BCUT2D eigenvalue weighted by atomic mass is 10.0. The summed E-state index contributed by atoms with van der Waals surface area (Å²) in [5.74, 6) is 1.01. The average molecular weight is 187 g/mol. The molecular formula is C11H13N3. The summed E-state index contributed by atoms with van der Waals surface area (Å²) in [4.78, 5) is 8.25. The predicted molar refractivity (Wildman–Crippen MR) is 58.0 cm³/mol. The van der Waals surface area contributed by atoms with Crippen LogP contribution in [-0.2, 0) is 0 Å². The lowest BCUT2D eigenvalue weighted by molar-refractivity contribution is 0.872. The minimum absolute atomic E-state index is 0.452. The number of nitrogens with zero attached hydrogens (tertiary/aromatic N) is 2. The first-order chi connectivity index (χ1) is 6.70. The van der Waals surface area contributed by atoms with Gasteiger partial charge in [0.2, 0.25) is 0 Å². The van der Waals surface area contributed by atoms with Gasteiger partial charge in [0, 0.05) is 5.39 Å². The van der Waals surface area contributed by atoms with E-state index in [1.807, 2.05) is 12.1 Å². The standard InChI is InChI=1S/C11H13N3/c1-7(2)8-4-3-5-9-10(8)13-6-14-11(9)12/h3-7H,1-2H3,(H2,12,13,14). The smallest absolute Gasteiger partial charge is 0.134 e. The van der Waals surface area contributed by atoms with E-state index in [0.717, 1.165) is 10.9 Å². The van der Waals surface area contributed by atoms with Gasteiger partial charge in [-0.05, 0) is 17.5 Å². The molecule has 0 aliphatic rings. The monoisotopic (exact) mass is 187 g/mol. The number of hydrogen-bond acceptors (Lipinski definition) is 3. The number of anilines is 1. The second-order valence-corrected chi connectivity index (χ2v) is 3.66. The minimum Gasteiger partial charge on any atom is -0.383 e. The fourth-order valence-corrected chi connectivity index (χ4v) is 1.60. The number of nitrogen functional groups attached to an aromatic ring is 1. The van der Waals surface area contributed by atoms with Crippen LogP contribution in [0, 0.1) is 0 Å². The van der Waals surface area contributed by atoms with Crippen LogP contribution in [0.1, 0.15) is 25.3 Å². The van der Waals surface area contributed by atoms with Crippen molar-refractivity contribution >= 4 is 16.7 Å². The van der Waals surface area contributed by atoms with E-state index < -0.39 is 0 Å². The quantitative estimate of drug-likeness (QED) is 0.745. The molecule has 1 aromatic heterocycles. The van der Waals surface area contributed by atoms with Crippen LogP contribution in [0.3, 0.4) is 0 Å². The summed E-state index contributed by atoms with van der Waals surface area (Å²) in [5.41, 5.74) is 7.96. The predicted octanol–water partition coefficient (Wildman–Crippen LogP) is 2.34. The molecule has 0 saturated carbocycles. The molecule has 0 radical (unpaired) electrons. The Labute approximate surface area is 83.0 Å². The van der Waals surface area contributed by atoms with E-state index in [4.69, 9.17) is 5.73 Å². The van der Waals surface area contributed by atoms with Gasteiger partial charge in [-0.1, -0.05) is 26.0 Å². The maximum absolute atomic E-state index is 5.77. The number of nitrogens with two attached hydrogens (primary N) is 1. The third-order valence-corrected chi connectivity index (χ3v) is 2.35. The summed E-state index contributed by atoms with van der Waals surface area (Å²) in [6, 6.07) is 6.04. The highest BCUT2D eigenvalue weighted by Crippen LogP contribution is 2.25. The summed E-state index contributed by atoms with van der Waals surface area (Å²) in [7, 11) is 0. The second kappa shape index (κ2) is 3.25. The number of fused-ring (bicyclic) bond motifs is 1. The molecule has 3 heteroatoms. The molecular weight excluding hydrogens is 174 g/mol. The van der Waals surface area contributed by atoms with Crippen molar-refractivity contribution in [1.82, 2.24) is 9.97 Å². The number of hydrogen-bond donors (Lipinski definition) is 1.